The maximum Gasteiger partial charge on any atom is 0.251 e. The first-order valence-corrected chi connectivity index (χ1v) is 8.97. The summed E-state index contributed by atoms with van der Waals surface area (Å²) < 4.78 is 11.1. The third-order valence-electron chi connectivity index (χ3n) is 4.19. The number of hydrogen-bond acceptors (Lipinski definition) is 4. The summed E-state index contributed by atoms with van der Waals surface area (Å²) >= 11 is 6.31. The number of benzene rings is 1. The zero-order valence-corrected chi connectivity index (χ0v) is 15.4. The van der Waals surface area contributed by atoms with Crippen LogP contribution in [0, 0.1) is 0 Å². The van der Waals surface area contributed by atoms with E-state index in [1.165, 1.54) is 0 Å². The summed E-state index contributed by atoms with van der Waals surface area (Å²) in [6.45, 7) is 5.71. The van der Waals surface area contributed by atoms with E-state index in [9.17, 15) is 4.79 Å². The minimum atomic E-state index is -0.130. The highest BCUT2D eigenvalue weighted by atomic mass is 35.5. The molecule has 0 radical (unpaired) electrons. The lowest BCUT2D eigenvalue weighted by molar-refractivity contribution is 0.0925. The van der Waals surface area contributed by atoms with Gasteiger partial charge in [-0.15, -0.1) is 0 Å². The maximum atomic E-state index is 12.5. The van der Waals surface area contributed by atoms with Gasteiger partial charge in [-0.25, -0.2) is 0 Å². The van der Waals surface area contributed by atoms with Gasteiger partial charge in [-0.3, -0.25) is 4.79 Å². The molecule has 2 N–H and O–H groups in total. The molecule has 1 saturated heterocycles. The summed E-state index contributed by atoms with van der Waals surface area (Å²) in [5, 5.41) is 6.85. The Morgan fingerprint density at radius 1 is 1.46 bits per heavy atom. The van der Waals surface area contributed by atoms with E-state index >= 15 is 0 Å². The van der Waals surface area contributed by atoms with Gasteiger partial charge >= 0.3 is 0 Å². The summed E-state index contributed by atoms with van der Waals surface area (Å²) in [6.07, 6.45) is 3.83. The van der Waals surface area contributed by atoms with Crippen molar-refractivity contribution in [2.24, 2.45) is 0 Å². The molecule has 1 aromatic carbocycles. The van der Waals surface area contributed by atoms with Gasteiger partial charge in [-0.05, 0) is 44.9 Å². The minimum Gasteiger partial charge on any atom is -0.493 e. The average Bonchev–Trinajstić information content (AvgIpc) is 2.56. The monoisotopic (exact) mass is 354 g/mol. The largest absolute Gasteiger partial charge is 0.493 e. The Hall–Kier alpha value is -1.46. The van der Waals surface area contributed by atoms with Gasteiger partial charge in [0, 0.05) is 17.6 Å². The molecule has 24 heavy (non-hydrogen) atoms. The lowest BCUT2D eigenvalue weighted by Crippen LogP contribution is -2.46. The fourth-order valence-electron chi connectivity index (χ4n) is 2.84. The zero-order chi connectivity index (χ0) is 17.5. The predicted octanol–water partition coefficient (Wildman–Crippen LogP) is 3.40. The van der Waals surface area contributed by atoms with E-state index in [-0.39, 0.29) is 11.9 Å². The van der Waals surface area contributed by atoms with Crippen molar-refractivity contribution in [3.8, 4) is 11.5 Å². The number of unbranched alkanes of at least 4 members (excludes halogenated alkanes) is 1. The Morgan fingerprint density at radius 3 is 2.92 bits per heavy atom. The van der Waals surface area contributed by atoms with Crippen LogP contribution >= 0.6 is 11.6 Å². The van der Waals surface area contributed by atoms with Crippen LogP contribution in [0.5, 0.6) is 11.5 Å². The molecule has 0 aromatic heterocycles. The first-order chi connectivity index (χ1) is 11.5. The third kappa shape index (κ3) is 5.02. The van der Waals surface area contributed by atoms with E-state index in [2.05, 4.69) is 24.5 Å². The van der Waals surface area contributed by atoms with E-state index in [0.29, 0.717) is 34.7 Å². The first-order valence-electron chi connectivity index (χ1n) is 8.59. The number of ether oxygens (including phenoxy) is 2. The van der Waals surface area contributed by atoms with E-state index in [4.69, 9.17) is 21.1 Å². The van der Waals surface area contributed by atoms with Gasteiger partial charge in [0.25, 0.3) is 5.91 Å². The van der Waals surface area contributed by atoms with Crippen molar-refractivity contribution >= 4 is 17.5 Å². The van der Waals surface area contributed by atoms with Crippen LogP contribution in [0.15, 0.2) is 12.1 Å². The molecule has 6 heteroatoms. The number of amides is 1. The Balaban J connectivity index is 2.09. The molecule has 0 aliphatic carbocycles. The van der Waals surface area contributed by atoms with Gasteiger partial charge in [0.05, 0.1) is 18.7 Å². The highest BCUT2D eigenvalue weighted by Gasteiger charge is 2.22. The molecule has 0 saturated carbocycles. The number of carbonyl (C=O) groups is 1. The van der Waals surface area contributed by atoms with Crippen molar-refractivity contribution < 1.29 is 14.3 Å². The van der Waals surface area contributed by atoms with Crippen LogP contribution in [-0.4, -0.2) is 38.3 Å². The van der Waals surface area contributed by atoms with Crippen molar-refractivity contribution in [1.29, 1.82) is 0 Å². The highest BCUT2D eigenvalue weighted by molar-refractivity contribution is 6.32. The van der Waals surface area contributed by atoms with Crippen molar-refractivity contribution in [3.63, 3.8) is 0 Å². The summed E-state index contributed by atoms with van der Waals surface area (Å²) in [7, 11) is 1.55. The second-order valence-electron chi connectivity index (χ2n) is 6.24. The molecule has 1 aliphatic rings. The Bertz CT molecular complexity index is 565. The lowest BCUT2D eigenvalue weighted by Gasteiger charge is -2.28. The number of carbonyl (C=O) groups excluding carboxylic acids is 1. The van der Waals surface area contributed by atoms with Gasteiger partial charge in [0.2, 0.25) is 0 Å². The van der Waals surface area contributed by atoms with Crippen LogP contribution in [0.1, 0.15) is 49.9 Å². The summed E-state index contributed by atoms with van der Waals surface area (Å²) in [6, 6.07) is 3.92. The smallest absolute Gasteiger partial charge is 0.251 e. The van der Waals surface area contributed by atoms with Crippen LogP contribution < -0.4 is 20.1 Å². The number of piperidine rings is 1. The number of halogens is 1. The van der Waals surface area contributed by atoms with Gasteiger partial charge in [0.15, 0.2) is 11.5 Å². The summed E-state index contributed by atoms with van der Waals surface area (Å²) in [4.78, 5) is 12.5. The van der Waals surface area contributed by atoms with Crippen LogP contribution in [0.2, 0.25) is 5.02 Å². The van der Waals surface area contributed by atoms with Gasteiger partial charge < -0.3 is 20.1 Å². The van der Waals surface area contributed by atoms with Crippen LogP contribution in [0.3, 0.4) is 0 Å². The molecular weight excluding hydrogens is 328 g/mol. The quantitative estimate of drug-likeness (QED) is 0.737. The lowest BCUT2D eigenvalue weighted by atomic mass is 10.00. The molecule has 2 unspecified atom stereocenters. The van der Waals surface area contributed by atoms with Crippen molar-refractivity contribution in [3.05, 3.63) is 22.7 Å². The Labute approximate surface area is 149 Å². The van der Waals surface area contributed by atoms with Gasteiger partial charge in [0.1, 0.15) is 0 Å². The maximum absolute atomic E-state index is 12.5. The Kier molecular flexibility index (Phi) is 7.18. The van der Waals surface area contributed by atoms with Gasteiger partial charge in [-0.2, -0.15) is 0 Å². The zero-order valence-electron chi connectivity index (χ0n) is 14.7. The molecule has 2 atom stereocenters. The van der Waals surface area contributed by atoms with E-state index < -0.39 is 0 Å². The molecule has 1 heterocycles. The molecule has 1 aliphatic heterocycles. The summed E-state index contributed by atoms with van der Waals surface area (Å²) in [5.41, 5.74) is 0.492. The SMILES string of the molecule is CCCCOc1c(Cl)cc(C(=O)NC2CCNC(C)C2)cc1OC. The highest BCUT2D eigenvalue weighted by Crippen LogP contribution is 2.36. The predicted molar refractivity (Wildman–Crippen MR) is 96.4 cm³/mol. The molecule has 5 nitrogen and oxygen atoms in total. The first kappa shape index (κ1) is 18.9. The van der Waals surface area contributed by atoms with Crippen molar-refractivity contribution in [2.45, 2.75) is 51.6 Å². The molecule has 1 fully saturated rings. The van der Waals surface area contributed by atoms with E-state index in [0.717, 1.165) is 32.2 Å². The number of nitrogens with one attached hydrogen (secondary N) is 2. The second-order valence-corrected chi connectivity index (χ2v) is 6.65. The molecule has 0 spiro atoms. The average molecular weight is 355 g/mol. The van der Waals surface area contributed by atoms with Crippen LogP contribution in [0.25, 0.3) is 0 Å². The third-order valence-corrected chi connectivity index (χ3v) is 4.48. The van der Waals surface area contributed by atoms with E-state index in [1.54, 1.807) is 19.2 Å². The van der Waals surface area contributed by atoms with Gasteiger partial charge in [-0.1, -0.05) is 24.9 Å². The molecule has 1 amide bonds. The fourth-order valence-corrected chi connectivity index (χ4v) is 3.11. The standard InChI is InChI=1S/C18H27ClN2O3/c1-4-5-8-24-17-15(19)10-13(11-16(17)23-3)18(22)21-14-6-7-20-12(2)9-14/h10-12,14,20H,4-9H2,1-3H3,(H,21,22). The van der Waals surface area contributed by atoms with E-state index in [1.807, 2.05) is 0 Å². The Morgan fingerprint density at radius 2 is 2.25 bits per heavy atom. The molecular formula is C18H27ClN2O3. The number of methoxy groups -OCH3 is 1. The topological polar surface area (TPSA) is 59.6 Å². The van der Waals surface area contributed by atoms with Crippen LogP contribution in [0.4, 0.5) is 0 Å². The van der Waals surface area contributed by atoms with Crippen LogP contribution in [-0.2, 0) is 0 Å². The molecule has 134 valence electrons. The van der Waals surface area contributed by atoms with Crippen molar-refractivity contribution in [1.82, 2.24) is 10.6 Å². The van der Waals surface area contributed by atoms with Crippen molar-refractivity contribution in [2.75, 3.05) is 20.3 Å². The molecule has 0 bridgehead atoms. The number of hydrogen-bond donors (Lipinski definition) is 2. The summed E-state index contributed by atoms with van der Waals surface area (Å²) in [5.74, 6) is 0.858. The number of rotatable bonds is 7. The second kappa shape index (κ2) is 9.14. The fraction of sp³-hybridized carbons (Fsp3) is 0.611. The molecule has 1 aromatic rings. The normalized spacial score (nSPS) is 20.5. The molecule has 2 rings (SSSR count). The minimum absolute atomic E-state index is 0.130.